The maximum Gasteiger partial charge on any atom is 0.416 e. The Hall–Kier alpha value is -3.77. The molecular formula is C36H40F6N4O4S3. The summed E-state index contributed by atoms with van der Waals surface area (Å²) in [5.41, 5.74) is 10.4. The van der Waals surface area contributed by atoms with Crippen molar-refractivity contribution in [2.24, 2.45) is 17.4 Å². The topological polar surface area (TPSA) is 144 Å². The number of carbonyl (C=O) groups is 2. The Balaban J connectivity index is 0.000000352. The molecular weight excluding hydrogens is 763 g/mol. The normalized spacial score (nSPS) is 17.1. The quantitative estimate of drug-likeness (QED) is 0.0926. The van der Waals surface area contributed by atoms with Crippen molar-refractivity contribution in [3.05, 3.63) is 106 Å². The van der Waals surface area contributed by atoms with E-state index in [1.165, 1.54) is 41.7 Å². The van der Waals surface area contributed by atoms with Crippen LogP contribution in [0.5, 0.6) is 0 Å². The van der Waals surface area contributed by atoms with Gasteiger partial charge in [0.25, 0.3) is 5.91 Å². The van der Waals surface area contributed by atoms with Gasteiger partial charge in [-0.15, -0.1) is 23.5 Å². The fourth-order valence-corrected chi connectivity index (χ4v) is 8.98. The van der Waals surface area contributed by atoms with Gasteiger partial charge in [-0.05, 0) is 72.7 Å². The number of benzene rings is 3. The van der Waals surface area contributed by atoms with Gasteiger partial charge in [-0.1, -0.05) is 26.0 Å². The molecule has 0 fully saturated rings. The zero-order chi connectivity index (χ0) is 39.6. The van der Waals surface area contributed by atoms with Gasteiger partial charge >= 0.3 is 12.4 Å². The van der Waals surface area contributed by atoms with E-state index in [2.05, 4.69) is 10.6 Å². The first-order valence-electron chi connectivity index (χ1n) is 16.3. The lowest BCUT2D eigenvalue weighted by atomic mass is 9.91. The number of amides is 1. The van der Waals surface area contributed by atoms with Gasteiger partial charge in [0.2, 0.25) is 0 Å². The van der Waals surface area contributed by atoms with E-state index >= 15 is 0 Å². The Bertz CT molecular complexity index is 1930. The van der Waals surface area contributed by atoms with E-state index in [4.69, 9.17) is 11.5 Å². The van der Waals surface area contributed by atoms with Crippen LogP contribution in [0.15, 0.2) is 93.2 Å². The molecule has 2 unspecified atom stereocenters. The molecule has 1 aliphatic heterocycles. The molecule has 0 radical (unpaired) electrons. The Labute approximate surface area is 313 Å². The number of thioether (sulfide) groups is 2. The molecule has 6 N–H and O–H groups in total. The lowest BCUT2D eigenvalue weighted by molar-refractivity contribution is -0.138. The Morgan fingerprint density at radius 3 is 2.04 bits per heavy atom. The van der Waals surface area contributed by atoms with Crippen LogP contribution in [0.1, 0.15) is 51.3 Å². The molecule has 3 aromatic rings. The predicted octanol–water partition coefficient (Wildman–Crippen LogP) is 7.59. The summed E-state index contributed by atoms with van der Waals surface area (Å²) < 4.78 is 104. The molecule has 0 bridgehead atoms. The van der Waals surface area contributed by atoms with Crippen LogP contribution >= 0.6 is 23.5 Å². The summed E-state index contributed by atoms with van der Waals surface area (Å²) in [6.07, 6.45) is -2.69. The lowest BCUT2D eigenvalue weighted by Crippen LogP contribution is -2.36. The molecule has 288 valence electrons. The highest BCUT2D eigenvalue weighted by Gasteiger charge is 2.40. The van der Waals surface area contributed by atoms with Gasteiger partial charge in [-0.25, -0.2) is 8.42 Å². The van der Waals surface area contributed by atoms with Crippen LogP contribution in [0.4, 0.5) is 32.0 Å². The summed E-state index contributed by atoms with van der Waals surface area (Å²) in [4.78, 5) is 24.7. The predicted molar refractivity (Wildman–Crippen MR) is 198 cm³/mol. The van der Waals surface area contributed by atoms with Crippen molar-refractivity contribution < 1.29 is 44.3 Å². The Morgan fingerprint density at radius 2 is 1.47 bits per heavy atom. The van der Waals surface area contributed by atoms with Crippen molar-refractivity contribution in [2.75, 3.05) is 37.0 Å². The maximum absolute atomic E-state index is 13.4. The van der Waals surface area contributed by atoms with Crippen molar-refractivity contribution in [2.45, 2.75) is 52.6 Å². The number of fused-ring (bicyclic) bond motifs is 2. The first-order chi connectivity index (χ1) is 25.0. The second kappa shape index (κ2) is 19.0. The number of hydrogen-bond acceptors (Lipinski definition) is 9. The number of allylic oxidation sites excluding steroid dienone is 2. The summed E-state index contributed by atoms with van der Waals surface area (Å²) in [5, 5.41) is 4.79. The van der Waals surface area contributed by atoms with Crippen molar-refractivity contribution in [3.8, 4) is 0 Å². The molecule has 2 atom stereocenters. The highest BCUT2D eigenvalue weighted by atomic mass is 32.2. The fraction of sp³-hybridized carbons (Fsp3) is 0.333. The average Bonchev–Trinajstić information content (AvgIpc) is 3.13. The largest absolute Gasteiger partial charge is 0.416 e. The third kappa shape index (κ3) is 11.1. The first kappa shape index (κ1) is 43.6. The molecule has 53 heavy (non-hydrogen) atoms. The molecule has 0 saturated heterocycles. The molecule has 0 aromatic heterocycles. The minimum atomic E-state index is -4.61. The summed E-state index contributed by atoms with van der Waals surface area (Å²) in [5.74, 6) is 0.0190. The molecule has 1 amide bonds. The van der Waals surface area contributed by atoms with E-state index < -0.39 is 44.5 Å². The molecule has 0 saturated carbocycles. The molecule has 5 rings (SSSR count). The van der Waals surface area contributed by atoms with Crippen LogP contribution in [0, 0.1) is 5.92 Å². The van der Waals surface area contributed by atoms with Crippen molar-refractivity contribution >= 4 is 51.2 Å². The Morgan fingerprint density at radius 1 is 0.887 bits per heavy atom. The van der Waals surface area contributed by atoms with Crippen LogP contribution in [0.3, 0.4) is 0 Å². The minimum absolute atomic E-state index is 0.0493. The van der Waals surface area contributed by atoms with Crippen LogP contribution in [0.2, 0.25) is 0 Å². The van der Waals surface area contributed by atoms with Crippen LogP contribution in [-0.4, -0.2) is 57.5 Å². The number of nitrogens with two attached hydrogens (primary N) is 2. The second-order valence-electron chi connectivity index (χ2n) is 11.2. The van der Waals surface area contributed by atoms with Crippen molar-refractivity contribution in [1.29, 1.82) is 0 Å². The molecule has 0 spiro atoms. The number of rotatable bonds is 10. The summed E-state index contributed by atoms with van der Waals surface area (Å²) in [6.45, 7) is 4.69. The maximum atomic E-state index is 13.4. The van der Waals surface area contributed by atoms with E-state index in [-0.39, 0.29) is 34.2 Å². The van der Waals surface area contributed by atoms with E-state index in [1.807, 2.05) is 26.0 Å². The number of likely N-dealkylation sites (N-methyl/N-ethyl adjacent to an activating group) is 1. The van der Waals surface area contributed by atoms with Gasteiger partial charge in [0.15, 0.2) is 16.1 Å². The van der Waals surface area contributed by atoms with E-state index in [9.17, 15) is 44.3 Å². The van der Waals surface area contributed by atoms with Gasteiger partial charge in [0, 0.05) is 64.3 Å². The van der Waals surface area contributed by atoms with Gasteiger partial charge in [-0.2, -0.15) is 26.3 Å². The number of carbonyl (C=O) groups excluding carboxylic acids is 2. The number of anilines is 1. The third-order valence-electron chi connectivity index (χ3n) is 7.79. The summed E-state index contributed by atoms with van der Waals surface area (Å²) in [6, 6.07) is 10.7. The molecule has 8 nitrogen and oxygen atoms in total. The highest BCUT2D eigenvalue weighted by molar-refractivity contribution is 7.99. The summed E-state index contributed by atoms with van der Waals surface area (Å²) >= 11 is 2.44. The molecule has 1 heterocycles. The SMILES string of the molecule is CC.CNC1=CC2C(C=C1)Cc1ccc(NC(=O)c3cc(C(F)(F)F)ccc3SCCN)cc1S2(=O)=O.NCCSc1ccc(C(F)(F)F)cc1C=O. The highest BCUT2D eigenvalue weighted by Crippen LogP contribution is 2.39. The number of alkyl halides is 6. The lowest BCUT2D eigenvalue weighted by Gasteiger charge is -2.32. The van der Waals surface area contributed by atoms with Gasteiger partial charge in [0.1, 0.15) is 0 Å². The monoisotopic (exact) mass is 802 g/mol. The number of halogens is 6. The second-order valence-corrected chi connectivity index (χ2v) is 15.6. The standard InChI is InChI=1S/C24H24F3N3O3S2.C10H10F3NOS.C2H6/c1-29-17-5-2-14-10-15-3-6-18(13-22(15)35(32,33)21(14)12-17)30-23(31)19-11-16(24(25,26)27)4-7-20(19)34-9-8-28;11-10(12,13)8-1-2-9(16-4-3-14)7(5-8)6-15;1-2/h2-7,11-14,21,29H,8-10,28H2,1H3,(H,30,31);1-2,5-6H,3-4,14H2;1-2H3. The molecule has 2 aliphatic rings. The van der Waals surface area contributed by atoms with Crippen molar-refractivity contribution in [1.82, 2.24) is 5.32 Å². The third-order valence-corrected chi connectivity index (χ3v) is 12.2. The van der Waals surface area contributed by atoms with Gasteiger partial charge in [0.05, 0.1) is 26.8 Å². The van der Waals surface area contributed by atoms with E-state index in [0.717, 1.165) is 24.3 Å². The molecule has 1 aliphatic carbocycles. The zero-order valence-corrected chi connectivity index (χ0v) is 31.4. The Kier molecular flexibility index (Phi) is 15.6. The van der Waals surface area contributed by atoms with E-state index in [0.29, 0.717) is 51.8 Å². The fourth-order valence-electron chi connectivity index (χ4n) is 5.32. The number of nitrogens with one attached hydrogen (secondary N) is 2. The number of sulfone groups is 1. The van der Waals surface area contributed by atoms with Crippen LogP contribution in [-0.2, 0) is 28.6 Å². The zero-order valence-electron chi connectivity index (χ0n) is 29.0. The molecule has 17 heteroatoms. The average molecular weight is 803 g/mol. The minimum Gasteiger partial charge on any atom is -0.388 e. The van der Waals surface area contributed by atoms with Crippen molar-refractivity contribution in [3.63, 3.8) is 0 Å². The summed E-state index contributed by atoms with van der Waals surface area (Å²) in [7, 11) is -2.03. The first-order valence-corrected chi connectivity index (χ1v) is 19.8. The van der Waals surface area contributed by atoms with Crippen LogP contribution in [0.25, 0.3) is 0 Å². The van der Waals surface area contributed by atoms with Crippen LogP contribution < -0.4 is 22.1 Å². The van der Waals surface area contributed by atoms with E-state index in [1.54, 1.807) is 25.3 Å². The van der Waals surface area contributed by atoms with Gasteiger partial charge in [-0.3, -0.25) is 9.59 Å². The van der Waals surface area contributed by atoms with Gasteiger partial charge < -0.3 is 22.1 Å². The molecule has 3 aromatic carbocycles. The smallest absolute Gasteiger partial charge is 0.388 e. The number of hydrogen-bond donors (Lipinski definition) is 4. The number of aldehydes is 1.